The molecule has 7 nitrogen and oxygen atoms in total. The first-order chi connectivity index (χ1) is 11.5. The number of carbonyl (C=O) groups excluding carboxylic acids is 2. The highest BCUT2D eigenvalue weighted by molar-refractivity contribution is 8.04. The van der Waals surface area contributed by atoms with Crippen molar-refractivity contribution in [1.29, 1.82) is 0 Å². The second kappa shape index (κ2) is 8.72. The molecule has 0 spiro atoms. The first-order valence-electron chi connectivity index (χ1n) is 7.62. The molecule has 0 amide bonds. The number of carbonyl (C=O) groups is 2. The van der Waals surface area contributed by atoms with Crippen molar-refractivity contribution in [2.75, 3.05) is 12.3 Å². The highest BCUT2D eigenvalue weighted by atomic mass is 32.2. The number of H-pyrrole nitrogens is 1. The fourth-order valence-corrected chi connectivity index (χ4v) is 2.93. The lowest BCUT2D eigenvalue weighted by Gasteiger charge is -2.12. The molecule has 1 unspecified atom stereocenters. The van der Waals surface area contributed by atoms with Gasteiger partial charge < -0.3 is 5.11 Å². The summed E-state index contributed by atoms with van der Waals surface area (Å²) in [5.74, 6) is 0.0667. The second-order valence-electron chi connectivity index (χ2n) is 5.12. The summed E-state index contributed by atoms with van der Waals surface area (Å²) in [4.78, 5) is 28.5. The summed E-state index contributed by atoms with van der Waals surface area (Å²) in [6.07, 6.45) is 6.41. The summed E-state index contributed by atoms with van der Waals surface area (Å²) in [5.41, 5.74) is 1.27. The second-order valence-corrected chi connectivity index (χ2v) is 6.25. The third kappa shape index (κ3) is 4.73. The molecule has 1 aliphatic carbocycles. The molecule has 128 valence electrons. The summed E-state index contributed by atoms with van der Waals surface area (Å²) >= 11 is 1.26. The number of Topliss-reactive ketones (excluding diaryl/α,β-unsaturated/α-hetero) is 1. The lowest BCUT2D eigenvalue weighted by Crippen LogP contribution is -2.29. The van der Waals surface area contributed by atoms with Gasteiger partial charge in [-0.3, -0.25) is 20.0 Å². The van der Waals surface area contributed by atoms with Gasteiger partial charge in [-0.05, 0) is 19.4 Å². The van der Waals surface area contributed by atoms with Crippen molar-refractivity contribution in [2.24, 2.45) is 4.99 Å². The maximum atomic E-state index is 12.2. The molecule has 24 heavy (non-hydrogen) atoms. The quantitative estimate of drug-likeness (QED) is 0.375. The Hall–Kier alpha value is -2.03. The van der Waals surface area contributed by atoms with E-state index in [0.29, 0.717) is 22.8 Å². The van der Waals surface area contributed by atoms with Crippen LogP contribution in [0.5, 0.6) is 0 Å². The van der Waals surface area contributed by atoms with Gasteiger partial charge in [0.2, 0.25) is 17.9 Å². The van der Waals surface area contributed by atoms with Gasteiger partial charge in [-0.2, -0.15) is 5.10 Å². The number of aliphatic hydroxyl groups is 1. The number of aromatic nitrogens is 2. The van der Waals surface area contributed by atoms with E-state index in [9.17, 15) is 14.7 Å². The van der Waals surface area contributed by atoms with Gasteiger partial charge >= 0.3 is 0 Å². The van der Waals surface area contributed by atoms with E-state index < -0.39 is 6.35 Å². The minimum absolute atomic E-state index is 0.206. The molecule has 0 fully saturated rings. The molecular weight excluding hydrogens is 328 g/mol. The normalized spacial score (nSPS) is 16.5. The average Bonchev–Trinajstić information content (AvgIpc) is 3.04. The van der Waals surface area contributed by atoms with Crippen molar-refractivity contribution >= 4 is 29.0 Å². The summed E-state index contributed by atoms with van der Waals surface area (Å²) in [5, 5.41) is 18.9. The lowest BCUT2D eigenvalue weighted by molar-refractivity contribution is 0.0989. The van der Waals surface area contributed by atoms with Crippen LogP contribution in [0, 0.1) is 0 Å². The van der Waals surface area contributed by atoms with Gasteiger partial charge in [-0.1, -0.05) is 13.0 Å². The van der Waals surface area contributed by atoms with Crippen molar-refractivity contribution in [3.05, 3.63) is 40.6 Å². The molecule has 1 aromatic heterocycles. The van der Waals surface area contributed by atoms with E-state index in [1.807, 2.05) is 26.0 Å². The van der Waals surface area contributed by atoms with Gasteiger partial charge in [0.1, 0.15) is 5.69 Å². The number of aliphatic hydroxyl groups excluding tert-OH is 1. The number of nitrogens with one attached hydrogen (secondary N) is 2. The predicted octanol–water partition coefficient (Wildman–Crippen LogP) is 1.70. The Morgan fingerprint density at radius 1 is 1.54 bits per heavy atom. The first-order valence-corrected chi connectivity index (χ1v) is 8.60. The van der Waals surface area contributed by atoms with Crippen LogP contribution in [0.15, 0.2) is 34.3 Å². The number of rotatable bonds is 8. The van der Waals surface area contributed by atoms with Crippen LogP contribution >= 0.6 is 11.8 Å². The molecule has 2 rings (SSSR count). The Bertz CT molecular complexity index is 706. The molecule has 0 saturated heterocycles. The summed E-state index contributed by atoms with van der Waals surface area (Å²) < 4.78 is 0. The number of hydrogen-bond donors (Lipinski definition) is 3. The molecule has 0 radical (unpaired) electrons. The number of fused-ring (bicyclic) bond motifs is 1. The minimum atomic E-state index is -0.995. The smallest absolute Gasteiger partial charge is 0.205 e. The molecule has 1 aliphatic rings. The topological polar surface area (TPSA) is 107 Å². The molecule has 1 aromatic rings. The minimum Gasteiger partial charge on any atom is -0.360 e. The van der Waals surface area contributed by atoms with Gasteiger partial charge in [-0.25, -0.2) is 4.99 Å². The van der Waals surface area contributed by atoms with Crippen molar-refractivity contribution in [2.45, 2.75) is 26.6 Å². The average molecular weight is 348 g/mol. The van der Waals surface area contributed by atoms with Crippen LogP contribution < -0.4 is 5.32 Å². The SMILES string of the molecule is CC/C=C\C(C)=NC(O)NCCSC1=CC(=O)c2[nH]ncc2C1=O. The molecule has 0 bridgehead atoms. The zero-order valence-electron chi connectivity index (χ0n) is 13.6. The van der Waals surface area contributed by atoms with Crippen LogP contribution in [0.2, 0.25) is 0 Å². The third-order valence-corrected chi connectivity index (χ3v) is 4.25. The van der Waals surface area contributed by atoms with Gasteiger partial charge in [0.05, 0.1) is 16.7 Å². The van der Waals surface area contributed by atoms with Crippen LogP contribution in [-0.4, -0.2) is 51.2 Å². The van der Waals surface area contributed by atoms with Crippen LogP contribution in [0.3, 0.4) is 0 Å². The van der Waals surface area contributed by atoms with Gasteiger partial charge in [0.15, 0.2) is 0 Å². The van der Waals surface area contributed by atoms with Crippen molar-refractivity contribution in [1.82, 2.24) is 15.5 Å². The molecule has 0 saturated carbocycles. The lowest BCUT2D eigenvalue weighted by atomic mass is 10.0. The zero-order valence-corrected chi connectivity index (χ0v) is 14.4. The van der Waals surface area contributed by atoms with Crippen LogP contribution in [0.4, 0.5) is 0 Å². The van der Waals surface area contributed by atoms with E-state index >= 15 is 0 Å². The Labute approximate surface area is 144 Å². The molecule has 0 aromatic carbocycles. The summed E-state index contributed by atoms with van der Waals surface area (Å²) in [6.45, 7) is 4.27. The Balaban J connectivity index is 1.80. The molecule has 1 atom stereocenters. The number of thioether (sulfide) groups is 1. The number of ketones is 2. The van der Waals surface area contributed by atoms with Crippen LogP contribution in [-0.2, 0) is 0 Å². The number of aromatic amines is 1. The Kier molecular flexibility index (Phi) is 6.65. The molecular formula is C16H20N4O3S. The van der Waals surface area contributed by atoms with Crippen LogP contribution in [0.25, 0.3) is 0 Å². The monoisotopic (exact) mass is 348 g/mol. The summed E-state index contributed by atoms with van der Waals surface area (Å²) in [7, 11) is 0. The molecule has 1 heterocycles. The van der Waals surface area contributed by atoms with E-state index in [2.05, 4.69) is 20.5 Å². The molecule has 0 aliphatic heterocycles. The van der Waals surface area contributed by atoms with E-state index in [4.69, 9.17) is 0 Å². The number of aliphatic imine (C=N–C) groups is 1. The predicted molar refractivity (Wildman–Crippen MR) is 94.3 cm³/mol. The standard InChI is InChI=1S/C16H20N4O3S/c1-3-4-5-10(2)19-16(23)17-6-7-24-13-8-12(21)14-11(15(13)22)9-18-20-14/h4-5,8-9,16-17,23H,3,6-7H2,1-2H3,(H,18,20)/b5-4-,19-10?. The van der Waals surface area contributed by atoms with Gasteiger partial charge in [0, 0.05) is 24.1 Å². The first kappa shape index (κ1) is 18.3. The van der Waals surface area contributed by atoms with E-state index in [-0.39, 0.29) is 17.3 Å². The molecule has 8 heteroatoms. The van der Waals surface area contributed by atoms with E-state index in [0.717, 1.165) is 12.1 Å². The van der Waals surface area contributed by atoms with E-state index in [1.165, 1.54) is 24.0 Å². The van der Waals surface area contributed by atoms with Crippen molar-refractivity contribution < 1.29 is 14.7 Å². The highest BCUT2D eigenvalue weighted by Crippen LogP contribution is 2.26. The number of hydrogen-bond acceptors (Lipinski definition) is 7. The summed E-state index contributed by atoms with van der Waals surface area (Å²) in [6, 6.07) is 0. The van der Waals surface area contributed by atoms with Crippen LogP contribution in [0.1, 0.15) is 41.1 Å². The maximum Gasteiger partial charge on any atom is 0.205 e. The van der Waals surface area contributed by atoms with Crippen molar-refractivity contribution in [3.63, 3.8) is 0 Å². The Morgan fingerprint density at radius 2 is 2.33 bits per heavy atom. The highest BCUT2D eigenvalue weighted by Gasteiger charge is 2.27. The zero-order chi connectivity index (χ0) is 17.5. The Morgan fingerprint density at radius 3 is 3.08 bits per heavy atom. The fourth-order valence-electron chi connectivity index (χ4n) is 2.06. The number of nitrogens with zero attached hydrogens (tertiary/aromatic N) is 2. The van der Waals surface area contributed by atoms with E-state index in [1.54, 1.807) is 0 Å². The van der Waals surface area contributed by atoms with Gasteiger partial charge in [-0.15, -0.1) is 11.8 Å². The largest absolute Gasteiger partial charge is 0.360 e. The third-order valence-electron chi connectivity index (χ3n) is 3.22. The molecule has 3 N–H and O–H groups in total. The van der Waals surface area contributed by atoms with Crippen molar-refractivity contribution in [3.8, 4) is 0 Å². The fraction of sp³-hybridized carbons (Fsp3) is 0.375. The maximum absolute atomic E-state index is 12.2. The number of allylic oxidation sites excluding steroid dienone is 4. The van der Waals surface area contributed by atoms with Gasteiger partial charge in [0.25, 0.3) is 0 Å².